The van der Waals surface area contributed by atoms with Crippen LogP contribution in [0.4, 0.5) is 0 Å². The Morgan fingerprint density at radius 2 is 2.15 bits per heavy atom. The average molecular weight is 378 g/mol. The number of amides is 1. The summed E-state index contributed by atoms with van der Waals surface area (Å²) in [5, 5.41) is 13.2. The zero-order chi connectivity index (χ0) is 18.5. The second kappa shape index (κ2) is 6.50. The second-order valence-electron chi connectivity index (χ2n) is 8.83. The Morgan fingerprint density at radius 3 is 2.88 bits per heavy atom. The Hall–Kier alpha value is -1.10. The van der Waals surface area contributed by atoms with Gasteiger partial charge in [0.05, 0.1) is 12.7 Å². The van der Waals surface area contributed by atoms with Crippen molar-refractivity contribution in [2.75, 3.05) is 13.2 Å². The van der Waals surface area contributed by atoms with E-state index in [4.69, 9.17) is 21.4 Å². The van der Waals surface area contributed by atoms with Crippen LogP contribution in [0, 0.1) is 22.7 Å². The maximum absolute atomic E-state index is 12.3. The number of carbonyl (C=O) groups is 1. The lowest BCUT2D eigenvalue weighted by molar-refractivity contribution is -0.137. The first kappa shape index (κ1) is 18.3. The number of ether oxygens (including phenoxy) is 1. The van der Waals surface area contributed by atoms with Crippen molar-refractivity contribution in [1.82, 2.24) is 5.32 Å². The summed E-state index contributed by atoms with van der Waals surface area (Å²) in [5.74, 6) is 0.888. The predicted molar refractivity (Wildman–Crippen MR) is 101 cm³/mol. The first-order chi connectivity index (χ1) is 12.4. The Bertz CT molecular complexity index is 706. The molecule has 1 aromatic rings. The van der Waals surface area contributed by atoms with E-state index in [0.717, 1.165) is 29.8 Å². The summed E-state index contributed by atoms with van der Waals surface area (Å²) < 4.78 is 6.24. The van der Waals surface area contributed by atoms with Gasteiger partial charge in [0.25, 0.3) is 0 Å². The van der Waals surface area contributed by atoms with Gasteiger partial charge in [-0.15, -0.1) is 0 Å². The zero-order valence-electron chi connectivity index (χ0n) is 15.5. The first-order valence-corrected chi connectivity index (χ1v) is 10.0. The van der Waals surface area contributed by atoms with Crippen molar-refractivity contribution in [1.29, 1.82) is 0 Å². The number of aliphatic hydroxyl groups is 1. The van der Waals surface area contributed by atoms with Crippen LogP contribution in [-0.4, -0.2) is 30.3 Å². The molecular formula is C21H28ClNO3. The van der Waals surface area contributed by atoms with E-state index in [1.807, 2.05) is 18.2 Å². The molecule has 4 rings (SSSR count). The molecule has 3 fully saturated rings. The first-order valence-electron chi connectivity index (χ1n) is 9.66. The molecule has 2 bridgehead atoms. The summed E-state index contributed by atoms with van der Waals surface area (Å²) in [7, 11) is 0. The maximum Gasteiger partial charge on any atom is 0.222 e. The van der Waals surface area contributed by atoms with Crippen LogP contribution in [-0.2, 0) is 9.53 Å². The van der Waals surface area contributed by atoms with Crippen LogP contribution in [0.3, 0.4) is 0 Å². The van der Waals surface area contributed by atoms with Crippen LogP contribution in [0.1, 0.15) is 51.2 Å². The molecule has 1 heterocycles. The number of rotatable bonds is 4. The van der Waals surface area contributed by atoms with Gasteiger partial charge < -0.3 is 15.2 Å². The molecule has 2 N–H and O–H groups in total. The molecule has 1 amide bonds. The van der Waals surface area contributed by atoms with Crippen LogP contribution < -0.4 is 5.32 Å². The van der Waals surface area contributed by atoms with Crippen molar-refractivity contribution in [3.8, 4) is 0 Å². The van der Waals surface area contributed by atoms with Gasteiger partial charge in [-0.2, -0.15) is 0 Å². The van der Waals surface area contributed by atoms with E-state index in [1.165, 1.54) is 0 Å². The molecule has 1 spiro atoms. The monoisotopic (exact) mass is 377 g/mol. The largest absolute Gasteiger partial charge is 0.396 e. The van der Waals surface area contributed by atoms with Gasteiger partial charge in [-0.25, -0.2) is 0 Å². The van der Waals surface area contributed by atoms with Gasteiger partial charge in [0, 0.05) is 24.1 Å². The smallest absolute Gasteiger partial charge is 0.222 e. The SMILES string of the molecule is CC1(C)[C@@H]2C[C@@H]3[C@@H](c4ccccc4Cl)OCC[C@]3(C2)[C@H]1NC(=O)CCO. The minimum atomic E-state index is -0.107. The number of hydrogen-bond donors (Lipinski definition) is 2. The van der Waals surface area contributed by atoms with Crippen LogP contribution in [0.5, 0.6) is 0 Å². The Balaban J connectivity index is 1.68. The topological polar surface area (TPSA) is 58.6 Å². The van der Waals surface area contributed by atoms with Gasteiger partial charge >= 0.3 is 0 Å². The van der Waals surface area contributed by atoms with Crippen molar-refractivity contribution in [2.45, 2.75) is 51.7 Å². The molecule has 3 aliphatic rings. The molecule has 26 heavy (non-hydrogen) atoms. The Kier molecular flexibility index (Phi) is 4.57. The number of nitrogens with one attached hydrogen (secondary N) is 1. The average Bonchev–Trinajstić information content (AvgIpc) is 3.09. The van der Waals surface area contributed by atoms with Crippen LogP contribution in [0.25, 0.3) is 0 Å². The fourth-order valence-corrected chi connectivity index (χ4v) is 6.38. The molecular weight excluding hydrogens is 350 g/mol. The highest BCUT2D eigenvalue weighted by Crippen LogP contribution is 2.70. The third-order valence-electron chi connectivity index (χ3n) is 7.36. The summed E-state index contributed by atoms with van der Waals surface area (Å²) in [4.78, 5) is 12.3. The van der Waals surface area contributed by atoms with Crippen molar-refractivity contribution < 1.29 is 14.6 Å². The minimum absolute atomic E-state index is 0.00389. The molecule has 0 aromatic heterocycles. The number of benzene rings is 1. The summed E-state index contributed by atoms with van der Waals surface area (Å²) in [5.41, 5.74) is 1.19. The van der Waals surface area contributed by atoms with E-state index >= 15 is 0 Å². The van der Waals surface area contributed by atoms with Gasteiger partial charge in [0.15, 0.2) is 0 Å². The van der Waals surface area contributed by atoms with Crippen LogP contribution >= 0.6 is 11.6 Å². The molecule has 142 valence electrons. The molecule has 4 nitrogen and oxygen atoms in total. The van der Waals surface area contributed by atoms with Gasteiger partial charge in [-0.1, -0.05) is 43.6 Å². The number of carbonyl (C=O) groups excluding carboxylic acids is 1. The van der Waals surface area contributed by atoms with E-state index in [9.17, 15) is 4.79 Å². The highest BCUT2D eigenvalue weighted by atomic mass is 35.5. The highest BCUT2D eigenvalue weighted by Gasteiger charge is 2.68. The second-order valence-corrected chi connectivity index (χ2v) is 9.24. The lowest BCUT2D eigenvalue weighted by Crippen LogP contribution is -2.59. The Morgan fingerprint density at radius 1 is 1.38 bits per heavy atom. The lowest BCUT2D eigenvalue weighted by atomic mass is 9.59. The summed E-state index contributed by atoms with van der Waals surface area (Å²) in [6.07, 6.45) is 3.40. The number of hydrogen-bond acceptors (Lipinski definition) is 3. The zero-order valence-corrected chi connectivity index (χ0v) is 16.3. The fraction of sp³-hybridized carbons (Fsp3) is 0.667. The molecule has 5 heteroatoms. The molecule has 1 aliphatic heterocycles. The molecule has 1 aromatic carbocycles. The van der Waals surface area contributed by atoms with Gasteiger partial charge in [0.2, 0.25) is 5.91 Å². The Labute approximate surface area is 160 Å². The van der Waals surface area contributed by atoms with Crippen molar-refractivity contribution in [3.63, 3.8) is 0 Å². The quantitative estimate of drug-likeness (QED) is 0.840. The lowest BCUT2D eigenvalue weighted by Gasteiger charge is -2.53. The highest BCUT2D eigenvalue weighted by molar-refractivity contribution is 6.31. The van der Waals surface area contributed by atoms with E-state index < -0.39 is 0 Å². The summed E-state index contributed by atoms with van der Waals surface area (Å²) >= 11 is 6.49. The number of aliphatic hydroxyl groups excluding tert-OH is 1. The van der Waals surface area contributed by atoms with Crippen LogP contribution in [0.15, 0.2) is 24.3 Å². The van der Waals surface area contributed by atoms with Gasteiger partial charge in [-0.05, 0) is 53.6 Å². The predicted octanol–water partition coefficient (Wildman–Crippen LogP) is 3.72. The van der Waals surface area contributed by atoms with Gasteiger partial charge in [-0.3, -0.25) is 4.79 Å². The van der Waals surface area contributed by atoms with E-state index in [0.29, 0.717) is 18.4 Å². The molecule has 1 saturated heterocycles. The van der Waals surface area contributed by atoms with E-state index in [1.54, 1.807) is 0 Å². The van der Waals surface area contributed by atoms with Crippen molar-refractivity contribution >= 4 is 17.5 Å². The fourth-order valence-electron chi connectivity index (χ4n) is 6.14. The molecule has 0 radical (unpaired) electrons. The van der Waals surface area contributed by atoms with E-state index in [-0.39, 0.29) is 41.9 Å². The van der Waals surface area contributed by atoms with Crippen molar-refractivity contribution in [3.05, 3.63) is 34.9 Å². The van der Waals surface area contributed by atoms with Gasteiger partial charge in [0.1, 0.15) is 0 Å². The minimum Gasteiger partial charge on any atom is -0.396 e. The third-order valence-corrected chi connectivity index (χ3v) is 7.70. The molecule has 2 saturated carbocycles. The number of fused-ring (bicyclic) bond motifs is 1. The standard InChI is InChI=1S/C21H28ClNO3/c1-20(2)13-11-15-18(14-5-3-4-6-16(14)22)26-10-8-21(15,12-13)19(20)23-17(25)7-9-24/h3-6,13,15,18-19,24H,7-12H2,1-2H3,(H,23,25)/t13-,15-,18-,19+,21-/m1/s1. The summed E-state index contributed by atoms with van der Waals surface area (Å²) in [6, 6.07) is 8.09. The normalized spacial score (nSPS) is 37.4. The number of halogens is 1. The maximum atomic E-state index is 12.3. The summed E-state index contributed by atoms with van der Waals surface area (Å²) in [6.45, 7) is 5.16. The van der Waals surface area contributed by atoms with Crippen LogP contribution in [0.2, 0.25) is 5.02 Å². The molecule has 2 aliphatic carbocycles. The third kappa shape index (κ3) is 2.61. The molecule has 5 atom stereocenters. The van der Waals surface area contributed by atoms with Crippen molar-refractivity contribution in [2.24, 2.45) is 22.7 Å². The molecule has 0 unspecified atom stereocenters. The van der Waals surface area contributed by atoms with E-state index in [2.05, 4.69) is 25.2 Å².